The van der Waals surface area contributed by atoms with Crippen molar-refractivity contribution >= 4 is 16.9 Å². The van der Waals surface area contributed by atoms with Gasteiger partial charge in [-0.2, -0.15) is 0 Å². The van der Waals surface area contributed by atoms with Crippen molar-refractivity contribution in [3.63, 3.8) is 0 Å². The van der Waals surface area contributed by atoms with Crippen LogP contribution in [0.3, 0.4) is 0 Å². The first kappa shape index (κ1) is 15.1. The Balaban J connectivity index is 1.54. The number of nitrogens with zero attached hydrogens (tertiary/aromatic N) is 4. The maximum Gasteiger partial charge on any atom is 0.253 e. The molecule has 0 saturated carbocycles. The lowest BCUT2D eigenvalue weighted by molar-refractivity contribution is 0.0950. The van der Waals surface area contributed by atoms with Crippen LogP contribution >= 0.6 is 0 Å². The number of benzene rings is 2. The number of imidazole rings is 1. The molecule has 2 aromatic carbocycles. The minimum atomic E-state index is -0.180. The zero-order valence-corrected chi connectivity index (χ0v) is 13.6. The highest BCUT2D eigenvalue weighted by Gasteiger charge is 2.13. The number of para-hydroxylation sites is 1. The standard InChI is InChI=1S/C18H16N6O/c1-12-6-7-14-15(8-12)23-17(22-14)9-19-18(25)13-4-2-3-5-16(13)24-10-20-21-11-24/h2-8,10-11H,9H2,1H3,(H,19,25)(H,22,23). The third kappa shape index (κ3) is 2.99. The Labute approximate surface area is 143 Å². The van der Waals surface area contributed by atoms with Gasteiger partial charge in [0, 0.05) is 0 Å². The molecule has 0 radical (unpaired) electrons. The molecular formula is C18H16N6O. The molecule has 7 heteroatoms. The molecule has 124 valence electrons. The van der Waals surface area contributed by atoms with Gasteiger partial charge in [0.25, 0.3) is 5.91 Å². The van der Waals surface area contributed by atoms with E-state index in [-0.39, 0.29) is 5.91 Å². The minimum Gasteiger partial charge on any atom is -0.345 e. The van der Waals surface area contributed by atoms with Crippen LogP contribution in [0, 0.1) is 6.92 Å². The van der Waals surface area contributed by atoms with Crippen molar-refractivity contribution < 1.29 is 4.79 Å². The Morgan fingerprint density at radius 2 is 1.96 bits per heavy atom. The Kier molecular flexibility index (Phi) is 3.74. The highest BCUT2D eigenvalue weighted by atomic mass is 16.1. The SMILES string of the molecule is Cc1ccc2nc(CNC(=O)c3ccccc3-n3cnnc3)[nH]c2c1. The van der Waals surface area contributed by atoms with Gasteiger partial charge in [-0.25, -0.2) is 4.98 Å². The number of aromatic amines is 1. The molecule has 2 N–H and O–H groups in total. The number of aromatic nitrogens is 5. The van der Waals surface area contributed by atoms with E-state index in [1.807, 2.05) is 43.3 Å². The third-order valence-corrected chi connectivity index (χ3v) is 3.95. The summed E-state index contributed by atoms with van der Waals surface area (Å²) in [6.07, 6.45) is 3.13. The predicted molar refractivity (Wildman–Crippen MR) is 93.4 cm³/mol. The van der Waals surface area contributed by atoms with Crippen LogP contribution in [-0.4, -0.2) is 30.6 Å². The lowest BCUT2D eigenvalue weighted by atomic mass is 10.1. The van der Waals surface area contributed by atoms with E-state index in [2.05, 4.69) is 25.5 Å². The van der Waals surface area contributed by atoms with Crippen LogP contribution in [0.2, 0.25) is 0 Å². The molecule has 0 saturated heterocycles. The molecular weight excluding hydrogens is 316 g/mol. The average Bonchev–Trinajstić information content (AvgIpc) is 3.28. The van der Waals surface area contributed by atoms with Crippen molar-refractivity contribution in [2.45, 2.75) is 13.5 Å². The highest BCUT2D eigenvalue weighted by Crippen LogP contribution is 2.15. The van der Waals surface area contributed by atoms with E-state index in [9.17, 15) is 4.79 Å². The predicted octanol–water partition coefficient (Wildman–Crippen LogP) is 2.38. The summed E-state index contributed by atoms with van der Waals surface area (Å²) in [6, 6.07) is 13.3. The van der Waals surface area contributed by atoms with Gasteiger partial charge in [-0.1, -0.05) is 18.2 Å². The van der Waals surface area contributed by atoms with Crippen LogP contribution in [-0.2, 0) is 6.54 Å². The molecule has 25 heavy (non-hydrogen) atoms. The number of amides is 1. The van der Waals surface area contributed by atoms with Gasteiger partial charge in [0.1, 0.15) is 18.5 Å². The number of nitrogens with one attached hydrogen (secondary N) is 2. The van der Waals surface area contributed by atoms with Crippen molar-refractivity contribution in [2.75, 3.05) is 0 Å². The summed E-state index contributed by atoms with van der Waals surface area (Å²) in [4.78, 5) is 20.3. The van der Waals surface area contributed by atoms with Crippen LogP contribution < -0.4 is 5.32 Å². The summed E-state index contributed by atoms with van der Waals surface area (Å²) in [5.74, 6) is 0.539. The summed E-state index contributed by atoms with van der Waals surface area (Å²) in [5, 5.41) is 10.5. The Bertz CT molecular complexity index is 1030. The first-order valence-corrected chi connectivity index (χ1v) is 7.88. The van der Waals surface area contributed by atoms with Crippen molar-refractivity contribution in [2.24, 2.45) is 0 Å². The molecule has 7 nitrogen and oxygen atoms in total. The molecule has 2 heterocycles. The van der Waals surface area contributed by atoms with Crippen LogP contribution in [0.25, 0.3) is 16.7 Å². The van der Waals surface area contributed by atoms with Gasteiger partial charge < -0.3 is 10.3 Å². The fourth-order valence-electron chi connectivity index (χ4n) is 2.74. The first-order chi connectivity index (χ1) is 12.2. The quantitative estimate of drug-likeness (QED) is 0.600. The Morgan fingerprint density at radius 3 is 2.80 bits per heavy atom. The fraction of sp³-hybridized carbons (Fsp3) is 0.111. The summed E-state index contributed by atoms with van der Waals surface area (Å²) in [6.45, 7) is 2.35. The van der Waals surface area contributed by atoms with E-state index in [1.165, 1.54) is 0 Å². The molecule has 4 aromatic rings. The van der Waals surface area contributed by atoms with Gasteiger partial charge in [0.05, 0.1) is 28.8 Å². The van der Waals surface area contributed by atoms with E-state index in [4.69, 9.17) is 0 Å². The molecule has 0 aliphatic carbocycles. The van der Waals surface area contributed by atoms with Crippen molar-refractivity contribution in [1.29, 1.82) is 0 Å². The van der Waals surface area contributed by atoms with Crippen LogP contribution in [0.5, 0.6) is 0 Å². The van der Waals surface area contributed by atoms with E-state index in [0.29, 0.717) is 12.1 Å². The second kappa shape index (κ2) is 6.20. The molecule has 0 bridgehead atoms. The zero-order valence-electron chi connectivity index (χ0n) is 13.6. The molecule has 0 aliphatic rings. The van der Waals surface area contributed by atoms with Gasteiger partial charge >= 0.3 is 0 Å². The molecule has 2 aromatic heterocycles. The molecule has 4 rings (SSSR count). The topological polar surface area (TPSA) is 88.5 Å². The second-order valence-corrected chi connectivity index (χ2v) is 5.77. The Hall–Kier alpha value is -3.48. The van der Waals surface area contributed by atoms with Crippen molar-refractivity contribution in [3.8, 4) is 5.69 Å². The normalized spacial score (nSPS) is 10.9. The molecule has 1 amide bonds. The molecule has 0 unspecified atom stereocenters. The van der Waals surface area contributed by atoms with Gasteiger partial charge in [0.15, 0.2) is 0 Å². The number of carbonyl (C=O) groups excluding carboxylic acids is 1. The summed E-state index contributed by atoms with van der Waals surface area (Å²) >= 11 is 0. The maximum absolute atomic E-state index is 12.6. The molecule has 0 spiro atoms. The van der Waals surface area contributed by atoms with E-state index in [0.717, 1.165) is 28.1 Å². The second-order valence-electron chi connectivity index (χ2n) is 5.77. The maximum atomic E-state index is 12.6. The van der Waals surface area contributed by atoms with Gasteiger partial charge in [0.2, 0.25) is 0 Å². The van der Waals surface area contributed by atoms with E-state index < -0.39 is 0 Å². The van der Waals surface area contributed by atoms with Crippen LogP contribution in [0.1, 0.15) is 21.7 Å². The summed E-state index contributed by atoms with van der Waals surface area (Å²) < 4.78 is 1.71. The third-order valence-electron chi connectivity index (χ3n) is 3.95. The smallest absolute Gasteiger partial charge is 0.253 e. The fourth-order valence-corrected chi connectivity index (χ4v) is 2.74. The largest absolute Gasteiger partial charge is 0.345 e. The number of H-pyrrole nitrogens is 1. The lowest BCUT2D eigenvalue weighted by Crippen LogP contribution is -2.24. The van der Waals surface area contributed by atoms with E-state index in [1.54, 1.807) is 23.3 Å². The number of hydrogen-bond donors (Lipinski definition) is 2. The van der Waals surface area contributed by atoms with E-state index >= 15 is 0 Å². The summed E-state index contributed by atoms with van der Waals surface area (Å²) in [5.41, 5.74) is 4.29. The monoisotopic (exact) mass is 332 g/mol. The van der Waals surface area contributed by atoms with Crippen LogP contribution in [0.15, 0.2) is 55.1 Å². The minimum absolute atomic E-state index is 0.180. The van der Waals surface area contributed by atoms with Gasteiger partial charge in [-0.15, -0.1) is 10.2 Å². The molecule has 0 aliphatic heterocycles. The van der Waals surface area contributed by atoms with Gasteiger partial charge in [-0.05, 0) is 36.8 Å². The van der Waals surface area contributed by atoms with Gasteiger partial charge in [-0.3, -0.25) is 9.36 Å². The zero-order chi connectivity index (χ0) is 17.2. The molecule has 0 fully saturated rings. The Morgan fingerprint density at radius 1 is 1.16 bits per heavy atom. The first-order valence-electron chi connectivity index (χ1n) is 7.88. The lowest BCUT2D eigenvalue weighted by Gasteiger charge is -2.09. The highest BCUT2D eigenvalue weighted by molar-refractivity contribution is 5.97. The average molecular weight is 332 g/mol. The van der Waals surface area contributed by atoms with Crippen molar-refractivity contribution in [1.82, 2.24) is 30.0 Å². The van der Waals surface area contributed by atoms with Crippen LogP contribution in [0.4, 0.5) is 0 Å². The van der Waals surface area contributed by atoms with Crippen molar-refractivity contribution in [3.05, 3.63) is 72.1 Å². The molecule has 0 atom stereocenters. The number of fused-ring (bicyclic) bond motifs is 1. The number of aryl methyl sites for hydroxylation is 1. The summed E-state index contributed by atoms with van der Waals surface area (Å²) in [7, 11) is 0. The number of hydrogen-bond acceptors (Lipinski definition) is 4. The number of rotatable bonds is 4. The number of carbonyl (C=O) groups is 1.